The zero-order valence-corrected chi connectivity index (χ0v) is 11.2. The number of ketones is 1. The topological polar surface area (TPSA) is 30.0 Å². The van der Waals surface area contributed by atoms with Crippen LogP contribution in [0.4, 0.5) is 0 Å². The molecule has 0 aliphatic heterocycles. The fourth-order valence-electron chi connectivity index (χ4n) is 2.02. The number of hydrogen-bond donors (Lipinski definition) is 0. The van der Waals surface area contributed by atoms with Crippen molar-refractivity contribution in [3.05, 3.63) is 42.2 Å². The van der Waals surface area contributed by atoms with Gasteiger partial charge >= 0.3 is 0 Å². The molecule has 2 heteroatoms. The summed E-state index contributed by atoms with van der Waals surface area (Å²) in [7, 11) is 0. The van der Waals surface area contributed by atoms with E-state index in [1.807, 2.05) is 39.1 Å². The van der Waals surface area contributed by atoms with E-state index >= 15 is 0 Å². The highest BCUT2D eigenvalue weighted by atomic mass is 16.1. The molecule has 0 aliphatic rings. The van der Waals surface area contributed by atoms with Gasteiger partial charge in [-0.05, 0) is 23.4 Å². The summed E-state index contributed by atoms with van der Waals surface area (Å²) in [5.74, 6) is 0.309. The first-order chi connectivity index (χ1) is 8.48. The van der Waals surface area contributed by atoms with E-state index in [1.165, 1.54) is 10.9 Å². The van der Waals surface area contributed by atoms with Gasteiger partial charge in [0, 0.05) is 29.6 Å². The predicted molar refractivity (Wildman–Crippen MR) is 74.5 cm³/mol. The summed E-state index contributed by atoms with van der Waals surface area (Å²) in [6.45, 7) is 5.92. The number of pyridine rings is 1. The van der Waals surface area contributed by atoms with E-state index < -0.39 is 0 Å². The number of benzene rings is 1. The van der Waals surface area contributed by atoms with Crippen LogP contribution in [0.15, 0.2) is 36.7 Å². The molecule has 0 spiro atoms. The standard InChI is InChI=1S/C16H19NO/c1-16(2,3)15(18)8-7-12-5-4-6-13-9-10-17-11-14(12)13/h4-6,9-11H,7-8H2,1-3H3. The van der Waals surface area contributed by atoms with Gasteiger partial charge in [-0.15, -0.1) is 0 Å². The van der Waals surface area contributed by atoms with Crippen molar-refractivity contribution < 1.29 is 4.79 Å². The quantitative estimate of drug-likeness (QED) is 0.818. The van der Waals surface area contributed by atoms with Crippen molar-refractivity contribution in [1.29, 1.82) is 0 Å². The molecule has 0 bridgehead atoms. The zero-order valence-electron chi connectivity index (χ0n) is 11.2. The van der Waals surface area contributed by atoms with Crippen LogP contribution in [-0.2, 0) is 11.2 Å². The first kappa shape index (κ1) is 12.7. The number of nitrogens with zero attached hydrogens (tertiary/aromatic N) is 1. The van der Waals surface area contributed by atoms with Crippen molar-refractivity contribution in [1.82, 2.24) is 4.98 Å². The van der Waals surface area contributed by atoms with Gasteiger partial charge in [0.1, 0.15) is 5.78 Å². The van der Waals surface area contributed by atoms with E-state index in [-0.39, 0.29) is 5.41 Å². The molecule has 0 radical (unpaired) electrons. The number of Topliss-reactive ketones (excluding diaryl/α,β-unsaturated/α-hetero) is 1. The monoisotopic (exact) mass is 241 g/mol. The molecular formula is C16H19NO. The number of carbonyl (C=O) groups excluding carboxylic acids is 1. The molecule has 0 unspecified atom stereocenters. The van der Waals surface area contributed by atoms with Crippen molar-refractivity contribution >= 4 is 16.6 Å². The van der Waals surface area contributed by atoms with Crippen molar-refractivity contribution in [3.63, 3.8) is 0 Å². The Hall–Kier alpha value is -1.70. The third-order valence-electron chi connectivity index (χ3n) is 3.23. The molecule has 18 heavy (non-hydrogen) atoms. The number of aryl methyl sites for hydroxylation is 1. The zero-order chi connectivity index (χ0) is 13.2. The summed E-state index contributed by atoms with van der Waals surface area (Å²) in [5.41, 5.74) is 0.959. The van der Waals surface area contributed by atoms with Crippen LogP contribution in [0, 0.1) is 5.41 Å². The average Bonchev–Trinajstić information content (AvgIpc) is 2.34. The normalized spacial score (nSPS) is 11.7. The summed E-state index contributed by atoms with van der Waals surface area (Å²) in [6, 6.07) is 8.20. The molecular weight excluding hydrogens is 222 g/mol. The van der Waals surface area contributed by atoms with Gasteiger partial charge < -0.3 is 0 Å². The lowest BCUT2D eigenvalue weighted by molar-refractivity contribution is -0.126. The molecule has 2 aromatic rings. The number of carbonyl (C=O) groups is 1. The summed E-state index contributed by atoms with van der Waals surface area (Å²) < 4.78 is 0. The van der Waals surface area contributed by atoms with E-state index in [0.717, 1.165) is 11.8 Å². The minimum atomic E-state index is -0.247. The Morgan fingerprint density at radius 3 is 2.72 bits per heavy atom. The lowest BCUT2D eigenvalue weighted by atomic mass is 9.87. The second-order valence-electron chi connectivity index (χ2n) is 5.69. The minimum absolute atomic E-state index is 0.247. The molecule has 94 valence electrons. The highest BCUT2D eigenvalue weighted by Crippen LogP contribution is 2.22. The molecule has 0 N–H and O–H groups in total. The Morgan fingerprint density at radius 2 is 2.00 bits per heavy atom. The summed E-state index contributed by atoms with van der Waals surface area (Å²) in [4.78, 5) is 16.1. The summed E-state index contributed by atoms with van der Waals surface area (Å²) >= 11 is 0. The van der Waals surface area contributed by atoms with Crippen LogP contribution in [0.25, 0.3) is 10.8 Å². The fourth-order valence-corrected chi connectivity index (χ4v) is 2.02. The summed E-state index contributed by atoms with van der Waals surface area (Å²) in [5, 5.41) is 2.34. The van der Waals surface area contributed by atoms with Gasteiger partial charge in [0.2, 0.25) is 0 Å². The molecule has 2 nitrogen and oxygen atoms in total. The minimum Gasteiger partial charge on any atom is -0.299 e. The van der Waals surface area contributed by atoms with Crippen LogP contribution in [0.3, 0.4) is 0 Å². The van der Waals surface area contributed by atoms with Gasteiger partial charge in [-0.25, -0.2) is 0 Å². The molecule has 1 aromatic heterocycles. The van der Waals surface area contributed by atoms with E-state index in [9.17, 15) is 4.79 Å². The highest BCUT2D eigenvalue weighted by molar-refractivity contribution is 5.87. The van der Waals surface area contributed by atoms with Crippen LogP contribution < -0.4 is 0 Å². The van der Waals surface area contributed by atoms with Crippen molar-refractivity contribution in [3.8, 4) is 0 Å². The third-order valence-corrected chi connectivity index (χ3v) is 3.23. The Balaban J connectivity index is 2.20. The van der Waals surface area contributed by atoms with Gasteiger partial charge in [0.15, 0.2) is 0 Å². The first-order valence-electron chi connectivity index (χ1n) is 6.33. The molecule has 0 fully saturated rings. The number of fused-ring (bicyclic) bond motifs is 1. The molecule has 2 rings (SSSR count). The average molecular weight is 241 g/mol. The van der Waals surface area contributed by atoms with E-state index in [2.05, 4.69) is 17.1 Å². The maximum absolute atomic E-state index is 12.0. The lowest BCUT2D eigenvalue weighted by Gasteiger charge is -2.16. The molecule has 0 saturated heterocycles. The van der Waals surface area contributed by atoms with Gasteiger partial charge in [-0.2, -0.15) is 0 Å². The van der Waals surface area contributed by atoms with E-state index in [1.54, 1.807) is 6.20 Å². The van der Waals surface area contributed by atoms with Crippen molar-refractivity contribution in [2.75, 3.05) is 0 Å². The van der Waals surface area contributed by atoms with Gasteiger partial charge in [-0.3, -0.25) is 9.78 Å². The molecule has 1 heterocycles. The van der Waals surface area contributed by atoms with Crippen molar-refractivity contribution in [2.24, 2.45) is 5.41 Å². The van der Waals surface area contributed by atoms with Gasteiger partial charge in [0.05, 0.1) is 0 Å². The maximum atomic E-state index is 12.0. The first-order valence-corrected chi connectivity index (χ1v) is 6.33. The fraction of sp³-hybridized carbons (Fsp3) is 0.375. The van der Waals surface area contributed by atoms with Crippen LogP contribution in [0.5, 0.6) is 0 Å². The second kappa shape index (κ2) is 4.89. The van der Waals surface area contributed by atoms with Crippen LogP contribution >= 0.6 is 0 Å². The number of hydrogen-bond acceptors (Lipinski definition) is 2. The second-order valence-corrected chi connectivity index (χ2v) is 5.69. The molecule has 0 saturated carbocycles. The Kier molecular flexibility index (Phi) is 3.46. The molecule has 1 aromatic carbocycles. The Morgan fingerprint density at radius 1 is 1.22 bits per heavy atom. The van der Waals surface area contributed by atoms with Crippen LogP contribution in [0.2, 0.25) is 0 Å². The largest absolute Gasteiger partial charge is 0.299 e. The van der Waals surface area contributed by atoms with Crippen LogP contribution in [0.1, 0.15) is 32.8 Å². The Bertz CT molecular complexity index is 561. The van der Waals surface area contributed by atoms with Gasteiger partial charge in [-0.1, -0.05) is 39.0 Å². The van der Waals surface area contributed by atoms with E-state index in [4.69, 9.17) is 0 Å². The van der Waals surface area contributed by atoms with Crippen LogP contribution in [-0.4, -0.2) is 10.8 Å². The van der Waals surface area contributed by atoms with Crippen molar-refractivity contribution in [2.45, 2.75) is 33.6 Å². The Labute approximate surface area is 108 Å². The summed E-state index contributed by atoms with van der Waals surface area (Å²) in [6.07, 6.45) is 5.06. The smallest absolute Gasteiger partial charge is 0.138 e. The third kappa shape index (κ3) is 2.76. The predicted octanol–water partition coefficient (Wildman–Crippen LogP) is 3.78. The maximum Gasteiger partial charge on any atom is 0.138 e. The molecule has 0 amide bonds. The number of aromatic nitrogens is 1. The van der Waals surface area contributed by atoms with E-state index in [0.29, 0.717) is 12.2 Å². The molecule has 0 aliphatic carbocycles. The SMILES string of the molecule is CC(C)(C)C(=O)CCc1cccc2ccncc12. The number of rotatable bonds is 3. The highest BCUT2D eigenvalue weighted by Gasteiger charge is 2.20. The lowest BCUT2D eigenvalue weighted by Crippen LogP contribution is -2.20. The van der Waals surface area contributed by atoms with Gasteiger partial charge in [0.25, 0.3) is 0 Å². The molecule has 0 atom stereocenters.